The first-order valence-corrected chi connectivity index (χ1v) is 8.90. The second kappa shape index (κ2) is 17.0. The van der Waals surface area contributed by atoms with E-state index in [2.05, 4.69) is 0 Å². The van der Waals surface area contributed by atoms with Crippen LogP contribution in [0.1, 0.15) is 25.7 Å². The molecule has 156 valence electrons. The molecule has 0 spiro atoms. The Labute approximate surface area is 209 Å². The second-order valence-electron chi connectivity index (χ2n) is 5.83. The fourth-order valence-corrected chi connectivity index (χ4v) is 2.02. The third-order valence-electron chi connectivity index (χ3n) is 3.58. The maximum Gasteiger partial charge on any atom is 2.00 e. The number of halogens is 4. The molecule has 0 unspecified atom stereocenters. The second-order valence-corrected chi connectivity index (χ2v) is 5.83. The van der Waals surface area contributed by atoms with E-state index in [1.807, 2.05) is 0 Å². The first-order valence-electron chi connectivity index (χ1n) is 8.90. The van der Waals surface area contributed by atoms with Gasteiger partial charge in [0, 0.05) is 26.4 Å². The van der Waals surface area contributed by atoms with Crippen molar-refractivity contribution in [3.8, 4) is 0 Å². The molecular weight excluding hydrogens is 514 g/mol. The summed E-state index contributed by atoms with van der Waals surface area (Å²) >= 11 is 0. The minimum atomic E-state index is -0.824. The van der Waals surface area contributed by atoms with Gasteiger partial charge in [-0.05, 0) is 49.9 Å². The van der Waals surface area contributed by atoms with Crippen LogP contribution in [0.4, 0.5) is 28.9 Å². The summed E-state index contributed by atoms with van der Waals surface area (Å²) in [7, 11) is 0. The molecule has 0 aliphatic carbocycles. The minimum Gasteiger partial charge on any atom is -0.694 e. The zero-order chi connectivity index (χ0) is 20.8. The maximum atomic E-state index is 12.2. The smallest absolute Gasteiger partial charge is 0.694 e. The molecule has 4 nitrogen and oxygen atoms in total. The number of benzene rings is 2. The van der Waals surface area contributed by atoms with Crippen molar-refractivity contribution >= 4 is 60.3 Å². The van der Waals surface area contributed by atoms with E-state index < -0.39 is 34.6 Å². The van der Waals surface area contributed by atoms with E-state index >= 15 is 0 Å². The van der Waals surface area contributed by atoms with Gasteiger partial charge in [0.05, 0.1) is 0 Å². The van der Waals surface area contributed by atoms with Gasteiger partial charge in [-0.1, -0.05) is 23.5 Å². The molecule has 2 saturated heterocycles. The van der Waals surface area contributed by atoms with Crippen molar-refractivity contribution < 1.29 is 27.0 Å². The molecule has 9 heteroatoms. The van der Waals surface area contributed by atoms with Gasteiger partial charge in [-0.25, -0.2) is 17.6 Å². The molecule has 2 aliphatic rings. The molecule has 0 amide bonds. The molecule has 2 heterocycles. The van der Waals surface area contributed by atoms with E-state index in [0.717, 1.165) is 50.7 Å². The van der Waals surface area contributed by atoms with E-state index in [9.17, 15) is 17.6 Å². The quantitative estimate of drug-likeness (QED) is 0.284. The average molecular weight is 538 g/mol. The molecule has 2 fully saturated rings. The molecule has 29 heavy (non-hydrogen) atoms. The Morgan fingerprint density at radius 2 is 0.793 bits per heavy atom. The van der Waals surface area contributed by atoms with E-state index in [1.165, 1.54) is 37.8 Å². The largest absolute Gasteiger partial charge is 2.00 e. The van der Waals surface area contributed by atoms with Crippen LogP contribution in [0.25, 0.3) is 11.5 Å². The zero-order valence-electron chi connectivity index (χ0n) is 16.2. The predicted molar refractivity (Wildman–Crippen MR) is 107 cm³/mol. The van der Waals surface area contributed by atoms with Crippen molar-refractivity contribution in [1.82, 2.24) is 0 Å². The summed E-state index contributed by atoms with van der Waals surface area (Å²) in [4.78, 5) is 0. The van der Waals surface area contributed by atoms with Gasteiger partial charge in [-0.3, -0.25) is 0 Å². The van der Waals surface area contributed by atoms with E-state index in [4.69, 9.17) is 20.9 Å². The normalized spacial score (nSPS) is 14.2. The number of hydrogen-bond donors (Lipinski definition) is 0. The average Bonchev–Trinajstić information content (AvgIpc) is 3.43. The topological polar surface area (TPSA) is 66.1 Å². The van der Waals surface area contributed by atoms with Gasteiger partial charge in [-0.15, -0.1) is 0 Å². The summed E-state index contributed by atoms with van der Waals surface area (Å²) in [5.41, 5.74) is 12.1. The number of hydrogen-bond acceptors (Lipinski definition) is 2. The molecule has 0 atom stereocenters. The van der Waals surface area contributed by atoms with Crippen LogP contribution in [0.3, 0.4) is 0 Å². The van der Waals surface area contributed by atoms with E-state index in [-0.39, 0.29) is 48.9 Å². The van der Waals surface area contributed by atoms with Crippen LogP contribution in [-0.2, 0) is 9.47 Å². The minimum absolute atomic E-state index is 0. The van der Waals surface area contributed by atoms with Gasteiger partial charge in [0.15, 0.2) is 0 Å². The molecule has 2 aliphatic heterocycles. The summed E-state index contributed by atoms with van der Waals surface area (Å²) in [5, 5.41) is 0. The Balaban J connectivity index is 0.000000369. The number of ether oxygens (including phenoxy) is 2. The zero-order valence-corrected chi connectivity index (χ0v) is 20.6. The summed E-state index contributed by atoms with van der Waals surface area (Å²) in [6, 6.07) is 6.64. The van der Waals surface area contributed by atoms with E-state index in [1.54, 1.807) is 0 Å². The predicted octanol–water partition coefficient (Wildman–Crippen LogP) is 6.51. The molecule has 4 rings (SSSR count). The molecule has 0 bridgehead atoms. The summed E-state index contributed by atoms with van der Waals surface area (Å²) in [6.45, 7) is 4.00. The standard InChI is InChI=1S/2C6H4F2N.2C4H8O.Ba/c2*7-4-2-1-3-5(8)6(4)9;2*1-2-4-5-3-1;/h2*1-3,9H;2*1-4H2;/q2*-1;;;+2. The van der Waals surface area contributed by atoms with Crippen molar-refractivity contribution in [2.45, 2.75) is 25.7 Å². The number of rotatable bonds is 0. The van der Waals surface area contributed by atoms with Crippen LogP contribution in [-0.4, -0.2) is 75.3 Å². The van der Waals surface area contributed by atoms with Crippen LogP contribution in [0, 0.1) is 23.3 Å². The van der Waals surface area contributed by atoms with Crippen LogP contribution < -0.4 is 0 Å². The molecule has 2 aromatic rings. The maximum absolute atomic E-state index is 12.2. The van der Waals surface area contributed by atoms with Crippen molar-refractivity contribution in [2.75, 3.05) is 26.4 Å². The third-order valence-corrected chi connectivity index (χ3v) is 3.58. The van der Waals surface area contributed by atoms with Gasteiger partial charge < -0.3 is 20.9 Å². The first kappa shape index (κ1) is 28.3. The van der Waals surface area contributed by atoms with E-state index in [0.29, 0.717) is 0 Å². The molecule has 0 saturated carbocycles. The van der Waals surface area contributed by atoms with Crippen molar-refractivity contribution in [2.24, 2.45) is 0 Å². The fourth-order valence-electron chi connectivity index (χ4n) is 2.02. The molecule has 2 N–H and O–H groups in total. The van der Waals surface area contributed by atoms with Gasteiger partial charge >= 0.3 is 48.9 Å². The first-order chi connectivity index (χ1) is 13.4. The van der Waals surface area contributed by atoms with Crippen LogP contribution in [0.5, 0.6) is 0 Å². The molecule has 0 radical (unpaired) electrons. The van der Waals surface area contributed by atoms with Crippen molar-refractivity contribution in [1.29, 1.82) is 0 Å². The van der Waals surface area contributed by atoms with Crippen LogP contribution >= 0.6 is 0 Å². The van der Waals surface area contributed by atoms with Crippen LogP contribution in [0.15, 0.2) is 36.4 Å². The van der Waals surface area contributed by atoms with Gasteiger partial charge in [-0.2, -0.15) is 0 Å². The molecular formula is C20H24BaF4N2O2. The van der Waals surface area contributed by atoms with Crippen LogP contribution in [0.2, 0.25) is 0 Å². The summed E-state index contributed by atoms with van der Waals surface area (Å²) in [6.07, 6.45) is 5.11. The molecule has 2 aromatic carbocycles. The van der Waals surface area contributed by atoms with Gasteiger partial charge in [0.1, 0.15) is 23.3 Å². The van der Waals surface area contributed by atoms with Crippen molar-refractivity contribution in [3.05, 3.63) is 71.1 Å². The third kappa shape index (κ3) is 12.5. The summed E-state index contributed by atoms with van der Waals surface area (Å²) in [5.74, 6) is -3.30. The Morgan fingerprint density at radius 3 is 0.931 bits per heavy atom. The van der Waals surface area contributed by atoms with Gasteiger partial charge in [0.25, 0.3) is 0 Å². The Bertz CT molecular complexity index is 585. The number of nitrogens with one attached hydrogen (secondary N) is 2. The molecule has 0 aromatic heterocycles. The monoisotopic (exact) mass is 538 g/mol. The van der Waals surface area contributed by atoms with Crippen molar-refractivity contribution in [3.63, 3.8) is 0 Å². The Hall–Kier alpha value is -0.749. The summed E-state index contributed by atoms with van der Waals surface area (Å²) < 4.78 is 58.5. The SMILES string of the molecule is C1CCOC1.C1CCOC1.[Ba+2].[NH-]c1c(F)cccc1F.[NH-]c1c(F)cccc1F. The Morgan fingerprint density at radius 1 is 0.552 bits per heavy atom. The fraction of sp³-hybridized carbons (Fsp3) is 0.400. The van der Waals surface area contributed by atoms with Gasteiger partial charge in [0.2, 0.25) is 0 Å². The Kier molecular flexibility index (Phi) is 16.5.